The molecule has 1 fully saturated rings. The number of nitrogens with zero attached hydrogens (tertiary/aromatic N) is 4. The smallest absolute Gasteiger partial charge is 0.257 e. The molecule has 0 N–H and O–H groups in total. The van der Waals surface area contributed by atoms with Gasteiger partial charge in [0.25, 0.3) is 5.89 Å². The van der Waals surface area contributed by atoms with Crippen molar-refractivity contribution in [1.29, 1.82) is 0 Å². The Hall–Kier alpha value is -1.76. The van der Waals surface area contributed by atoms with Crippen molar-refractivity contribution in [3.05, 3.63) is 36.2 Å². The lowest BCUT2D eigenvalue weighted by atomic mass is 10.2. The standard InChI is InChI=1S/C17H24N4O2/c1-2-22-13-12-20-8-10-21(11-9-20)14-16-18-17(23-19-16)15-6-4-3-5-7-15/h3-7H,2,8-14H2,1H3. The fourth-order valence-corrected chi connectivity index (χ4v) is 2.73. The van der Waals surface area contributed by atoms with E-state index in [0.29, 0.717) is 5.89 Å². The second kappa shape index (κ2) is 8.19. The summed E-state index contributed by atoms with van der Waals surface area (Å²) < 4.78 is 10.8. The first-order chi connectivity index (χ1) is 11.3. The highest BCUT2D eigenvalue weighted by atomic mass is 16.5. The van der Waals surface area contributed by atoms with Crippen molar-refractivity contribution in [1.82, 2.24) is 19.9 Å². The summed E-state index contributed by atoms with van der Waals surface area (Å²) in [5.74, 6) is 1.35. The molecule has 23 heavy (non-hydrogen) atoms. The second-order valence-electron chi connectivity index (χ2n) is 5.70. The second-order valence-corrected chi connectivity index (χ2v) is 5.70. The number of benzene rings is 1. The summed E-state index contributed by atoms with van der Waals surface area (Å²) in [6, 6.07) is 9.88. The highest BCUT2D eigenvalue weighted by molar-refractivity contribution is 5.51. The van der Waals surface area contributed by atoms with Crippen LogP contribution in [0.25, 0.3) is 11.5 Å². The minimum Gasteiger partial charge on any atom is -0.380 e. The van der Waals surface area contributed by atoms with Gasteiger partial charge in [0.15, 0.2) is 5.82 Å². The quantitative estimate of drug-likeness (QED) is 0.727. The Morgan fingerprint density at radius 3 is 2.57 bits per heavy atom. The Morgan fingerprint density at radius 1 is 1.09 bits per heavy atom. The van der Waals surface area contributed by atoms with Gasteiger partial charge in [-0.2, -0.15) is 4.98 Å². The molecule has 2 aromatic rings. The molecule has 1 saturated heterocycles. The minimum atomic E-state index is 0.593. The Morgan fingerprint density at radius 2 is 1.83 bits per heavy atom. The molecule has 0 bridgehead atoms. The molecule has 0 atom stereocenters. The van der Waals surface area contributed by atoms with Crippen LogP contribution in [0.1, 0.15) is 12.7 Å². The van der Waals surface area contributed by atoms with Crippen LogP contribution in [0, 0.1) is 0 Å². The third kappa shape index (κ3) is 4.60. The predicted molar refractivity (Wildman–Crippen MR) is 87.9 cm³/mol. The van der Waals surface area contributed by atoms with Crippen LogP contribution in [-0.4, -0.2) is 65.9 Å². The van der Waals surface area contributed by atoms with E-state index in [4.69, 9.17) is 9.26 Å². The number of rotatable bonds is 7. The monoisotopic (exact) mass is 316 g/mol. The molecule has 0 saturated carbocycles. The number of hydrogen-bond donors (Lipinski definition) is 0. The predicted octanol–water partition coefficient (Wildman–Crippen LogP) is 1.89. The summed E-state index contributed by atoms with van der Waals surface area (Å²) in [5, 5.41) is 4.10. The molecule has 3 rings (SSSR count). The average Bonchev–Trinajstić information content (AvgIpc) is 3.06. The van der Waals surface area contributed by atoms with Crippen molar-refractivity contribution in [3.63, 3.8) is 0 Å². The van der Waals surface area contributed by atoms with E-state index in [-0.39, 0.29) is 0 Å². The van der Waals surface area contributed by atoms with Crippen molar-refractivity contribution >= 4 is 0 Å². The Bertz CT molecular complexity index is 579. The van der Waals surface area contributed by atoms with Crippen LogP contribution >= 0.6 is 0 Å². The van der Waals surface area contributed by atoms with Gasteiger partial charge in [-0.1, -0.05) is 23.4 Å². The molecule has 0 amide bonds. The number of hydrogen-bond acceptors (Lipinski definition) is 6. The fraction of sp³-hybridized carbons (Fsp3) is 0.529. The van der Waals surface area contributed by atoms with Gasteiger partial charge in [0.1, 0.15) is 0 Å². The Balaban J connectivity index is 1.47. The van der Waals surface area contributed by atoms with Crippen molar-refractivity contribution < 1.29 is 9.26 Å². The van der Waals surface area contributed by atoms with Crippen LogP contribution in [0.3, 0.4) is 0 Å². The first-order valence-corrected chi connectivity index (χ1v) is 8.25. The minimum absolute atomic E-state index is 0.593. The van der Waals surface area contributed by atoms with Gasteiger partial charge in [-0.15, -0.1) is 0 Å². The van der Waals surface area contributed by atoms with Gasteiger partial charge >= 0.3 is 0 Å². The number of piperazine rings is 1. The largest absolute Gasteiger partial charge is 0.380 e. The van der Waals surface area contributed by atoms with Gasteiger partial charge in [0, 0.05) is 44.9 Å². The third-order valence-corrected chi connectivity index (χ3v) is 4.07. The molecule has 0 spiro atoms. The molecule has 1 aliphatic rings. The molecule has 6 heteroatoms. The highest BCUT2D eigenvalue weighted by Crippen LogP contribution is 2.17. The first kappa shape index (κ1) is 16.1. The third-order valence-electron chi connectivity index (χ3n) is 4.07. The first-order valence-electron chi connectivity index (χ1n) is 8.25. The van der Waals surface area contributed by atoms with Crippen molar-refractivity contribution in [2.75, 3.05) is 45.9 Å². The van der Waals surface area contributed by atoms with E-state index in [9.17, 15) is 0 Å². The fourth-order valence-electron chi connectivity index (χ4n) is 2.73. The SMILES string of the molecule is CCOCCN1CCN(Cc2noc(-c3ccccc3)n2)CC1. The molecular weight excluding hydrogens is 292 g/mol. The van der Waals surface area contributed by atoms with E-state index < -0.39 is 0 Å². The number of aromatic nitrogens is 2. The topological polar surface area (TPSA) is 54.6 Å². The molecule has 124 valence electrons. The lowest BCUT2D eigenvalue weighted by Gasteiger charge is -2.33. The maximum Gasteiger partial charge on any atom is 0.257 e. The van der Waals surface area contributed by atoms with Crippen LogP contribution in [0.4, 0.5) is 0 Å². The summed E-state index contributed by atoms with van der Waals surface area (Å²) in [4.78, 5) is 9.32. The van der Waals surface area contributed by atoms with Crippen LogP contribution in [0.15, 0.2) is 34.9 Å². The van der Waals surface area contributed by atoms with Crippen LogP contribution in [0.5, 0.6) is 0 Å². The van der Waals surface area contributed by atoms with Crippen molar-refractivity contribution in [2.24, 2.45) is 0 Å². The molecule has 0 radical (unpaired) electrons. The lowest BCUT2D eigenvalue weighted by molar-refractivity contribution is 0.0775. The number of ether oxygens (including phenoxy) is 1. The lowest BCUT2D eigenvalue weighted by Crippen LogP contribution is -2.46. The van der Waals surface area contributed by atoms with E-state index in [1.807, 2.05) is 37.3 Å². The maximum absolute atomic E-state index is 5.42. The van der Waals surface area contributed by atoms with E-state index >= 15 is 0 Å². The zero-order valence-corrected chi connectivity index (χ0v) is 13.6. The van der Waals surface area contributed by atoms with Gasteiger partial charge in [0.2, 0.25) is 0 Å². The molecule has 1 aromatic heterocycles. The highest BCUT2D eigenvalue weighted by Gasteiger charge is 2.19. The van der Waals surface area contributed by atoms with E-state index in [1.54, 1.807) is 0 Å². The van der Waals surface area contributed by atoms with Gasteiger partial charge in [-0.25, -0.2) is 0 Å². The van der Waals surface area contributed by atoms with E-state index in [1.165, 1.54) is 0 Å². The van der Waals surface area contributed by atoms with Crippen LogP contribution in [-0.2, 0) is 11.3 Å². The van der Waals surface area contributed by atoms with Gasteiger partial charge in [-0.05, 0) is 19.1 Å². The Labute approximate surface area is 137 Å². The molecule has 1 aliphatic heterocycles. The van der Waals surface area contributed by atoms with Crippen molar-refractivity contribution in [3.8, 4) is 11.5 Å². The molecule has 2 heterocycles. The summed E-state index contributed by atoms with van der Waals surface area (Å²) in [7, 11) is 0. The van der Waals surface area contributed by atoms with Crippen LogP contribution < -0.4 is 0 Å². The van der Waals surface area contributed by atoms with E-state index in [2.05, 4.69) is 19.9 Å². The average molecular weight is 316 g/mol. The van der Waals surface area contributed by atoms with Crippen LogP contribution in [0.2, 0.25) is 0 Å². The van der Waals surface area contributed by atoms with Gasteiger partial charge in [-0.3, -0.25) is 9.80 Å². The van der Waals surface area contributed by atoms with Crippen molar-refractivity contribution in [2.45, 2.75) is 13.5 Å². The summed E-state index contributed by atoms with van der Waals surface area (Å²) >= 11 is 0. The molecular formula is C17H24N4O2. The molecule has 6 nitrogen and oxygen atoms in total. The zero-order chi connectivity index (χ0) is 15.9. The molecule has 1 aromatic carbocycles. The summed E-state index contributed by atoms with van der Waals surface area (Å²) in [5.41, 5.74) is 0.965. The maximum atomic E-state index is 5.42. The molecule has 0 aliphatic carbocycles. The normalized spacial score (nSPS) is 16.7. The van der Waals surface area contributed by atoms with E-state index in [0.717, 1.165) is 63.9 Å². The summed E-state index contributed by atoms with van der Waals surface area (Å²) in [6.45, 7) is 9.60. The van der Waals surface area contributed by atoms with Gasteiger partial charge < -0.3 is 9.26 Å². The van der Waals surface area contributed by atoms with Gasteiger partial charge in [0.05, 0.1) is 13.2 Å². The molecule has 0 unspecified atom stereocenters. The summed E-state index contributed by atoms with van der Waals surface area (Å²) in [6.07, 6.45) is 0. The Kier molecular flexibility index (Phi) is 5.74. The zero-order valence-electron chi connectivity index (χ0n) is 13.6.